The van der Waals surface area contributed by atoms with Gasteiger partial charge in [0.15, 0.2) is 0 Å². The third kappa shape index (κ3) is 6.12. The van der Waals surface area contributed by atoms with Crippen molar-refractivity contribution in [1.29, 1.82) is 0 Å². The average Bonchev–Trinajstić information content (AvgIpc) is 2.92. The summed E-state index contributed by atoms with van der Waals surface area (Å²) in [7, 11) is 0. The molecule has 0 aromatic heterocycles. The van der Waals surface area contributed by atoms with Crippen LogP contribution in [0.3, 0.4) is 0 Å². The van der Waals surface area contributed by atoms with Gasteiger partial charge in [0.2, 0.25) is 5.91 Å². The van der Waals surface area contributed by atoms with Crippen molar-refractivity contribution in [2.45, 2.75) is 31.6 Å². The zero-order chi connectivity index (χ0) is 25.8. The molecule has 1 amide bonds. The monoisotopic (exact) mass is 593 g/mol. The number of benzene rings is 4. The van der Waals surface area contributed by atoms with E-state index >= 15 is 0 Å². The molecule has 1 fully saturated rings. The van der Waals surface area contributed by atoms with Gasteiger partial charge in [-0.3, -0.25) is 4.79 Å². The second kappa shape index (κ2) is 12.6. The lowest BCUT2D eigenvalue weighted by Crippen LogP contribution is -2.55. The number of amides is 1. The Balaban J connectivity index is 0.00000336. The van der Waals surface area contributed by atoms with Crippen molar-refractivity contribution < 1.29 is 19.0 Å². The predicted molar refractivity (Wildman–Crippen MR) is 156 cm³/mol. The van der Waals surface area contributed by atoms with E-state index in [0.29, 0.717) is 30.8 Å². The number of aliphatic hydroxyl groups excluding tert-OH is 1. The highest BCUT2D eigenvalue weighted by Crippen LogP contribution is 2.49. The lowest BCUT2D eigenvalue weighted by molar-refractivity contribution is -0.131. The van der Waals surface area contributed by atoms with Crippen molar-refractivity contribution in [2.75, 3.05) is 4.90 Å². The van der Waals surface area contributed by atoms with Crippen molar-refractivity contribution >= 4 is 41.0 Å². The number of carbonyl (C=O) groups is 1. The van der Waals surface area contributed by atoms with Crippen molar-refractivity contribution in [1.82, 2.24) is 0 Å². The van der Waals surface area contributed by atoms with Crippen LogP contribution in [0.15, 0.2) is 108 Å². The molecule has 4 aromatic carbocycles. The van der Waals surface area contributed by atoms with E-state index in [9.17, 15) is 14.3 Å². The molecule has 0 saturated carbocycles. The first kappa shape index (κ1) is 27.9. The minimum atomic E-state index is -0.779. The molecule has 196 valence electrons. The summed E-state index contributed by atoms with van der Waals surface area (Å²) < 4.78 is 20.5. The minimum Gasteiger partial charge on any atom is -0.489 e. The van der Waals surface area contributed by atoms with Gasteiger partial charge >= 0.3 is 0 Å². The van der Waals surface area contributed by atoms with Gasteiger partial charge in [-0.1, -0.05) is 82.7 Å². The van der Waals surface area contributed by atoms with Crippen LogP contribution in [-0.2, 0) is 11.4 Å². The fourth-order valence-electron chi connectivity index (χ4n) is 4.86. The Morgan fingerprint density at radius 1 is 0.921 bits per heavy atom. The summed E-state index contributed by atoms with van der Waals surface area (Å²) in [4.78, 5) is 15.3. The molecular formula is C31H29BrFNO3S. The molecule has 5 rings (SSSR count). The number of aliphatic hydroxyl groups is 1. The van der Waals surface area contributed by atoms with E-state index in [-0.39, 0.29) is 37.2 Å². The Labute approximate surface area is 237 Å². The molecule has 4 aromatic rings. The number of rotatable bonds is 9. The van der Waals surface area contributed by atoms with E-state index < -0.39 is 6.10 Å². The highest BCUT2D eigenvalue weighted by atomic mass is 79.9. The molecule has 1 aliphatic rings. The SMILES string of the molecule is O=C1[C@H](CC[C@H](O)c2ccc(F)cc2)[C@@H](c2ccc(Br)cc2OCc2ccccc2)N1c1ccccc1.S. The number of nitrogens with zero attached hydrogens (tertiary/aromatic N) is 1. The fourth-order valence-corrected chi connectivity index (χ4v) is 5.20. The Morgan fingerprint density at radius 3 is 2.26 bits per heavy atom. The molecule has 38 heavy (non-hydrogen) atoms. The van der Waals surface area contributed by atoms with Crippen LogP contribution < -0.4 is 9.64 Å². The third-order valence-electron chi connectivity index (χ3n) is 6.79. The van der Waals surface area contributed by atoms with E-state index in [1.807, 2.05) is 83.8 Å². The van der Waals surface area contributed by atoms with E-state index in [1.165, 1.54) is 12.1 Å². The largest absolute Gasteiger partial charge is 0.489 e. The van der Waals surface area contributed by atoms with Crippen molar-refractivity contribution in [3.8, 4) is 5.75 Å². The first-order valence-corrected chi connectivity index (χ1v) is 13.1. The molecule has 0 aliphatic carbocycles. The highest BCUT2D eigenvalue weighted by Gasteiger charge is 2.49. The predicted octanol–water partition coefficient (Wildman–Crippen LogP) is 7.50. The van der Waals surface area contributed by atoms with Gasteiger partial charge in [-0.15, -0.1) is 0 Å². The van der Waals surface area contributed by atoms with Crippen LogP contribution in [0.2, 0.25) is 0 Å². The van der Waals surface area contributed by atoms with Gasteiger partial charge in [-0.2, -0.15) is 13.5 Å². The Hall–Kier alpha value is -3.13. The van der Waals surface area contributed by atoms with E-state index in [2.05, 4.69) is 15.9 Å². The number of β-lactam (4-membered cyclic amide) rings is 1. The Morgan fingerprint density at radius 2 is 1.58 bits per heavy atom. The maximum atomic E-state index is 13.4. The van der Waals surface area contributed by atoms with Crippen LogP contribution in [0.1, 0.15) is 41.7 Å². The standard InChI is InChI=1S/C31H27BrFNO3.H2S/c32-23-13-16-26(29(19-23)37-20-21-7-3-1-4-8-21)30-27(31(36)34(30)25-9-5-2-6-10-25)17-18-28(35)22-11-14-24(33)15-12-22;/h1-16,19,27-28,30,35H,17-18,20H2;1H2/t27-,28+,30-;/m1./s1. The van der Waals surface area contributed by atoms with Crippen LogP contribution in [0.25, 0.3) is 0 Å². The quantitative estimate of drug-likeness (QED) is 0.204. The molecule has 0 radical (unpaired) electrons. The van der Waals surface area contributed by atoms with Crippen LogP contribution >= 0.6 is 29.4 Å². The molecule has 4 nitrogen and oxygen atoms in total. The van der Waals surface area contributed by atoms with Crippen LogP contribution in [0, 0.1) is 11.7 Å². The summed E-state index contributed by atoms with van der Waals surface area (Å²) >= 11 is 3.56. The Kier molecular flexibility index (Phi) is 9.26. The summed E-state index contributed by atoms with van der Waals surface area (Å²) in [5.41, 5.74) is 3.44. The van der Waals surface area contributed by atoms with Crippen LogP contribution in [0.4, 0.5) is 10.1 Å². The lowest BCUT2D eigenvalue weighted by atomic mass is 9.78. The number of anilines is 1. The third-order valence-corrected chi connectivity index (χ3v) is 7.28. The second-order valence-corrected chi connectivity index (χ2v) is 10.1. The summed E-state index contributed by atoms with van der Waals surface area (Å²) in [6.07, 6.45) is 0.0934. The van der Waals surface area contributed by atoms with E-state index in [0.717, 1.165) is 21.3 Å². The molecule has 0 bridgehead atoms. The normalized spacial score (nSPS) is 17.3. The molecule has 0 unspecified atom stereocenters. The molecule has 0 spiro atoms. The summed E-state index contributed by atoms with van der Waals surface area (Å²) in [6.45, 7) is 0.407. The molecule has 1 N–H and O–H groups in total. The topological polar surface area (TPSA) is 49.8 Å². The number of hydrogen-bond acceptors (Lipinski definition) is 3. The first-order chi connectivity index (χ1) is 18.0. The van der Waals surface area contributed by atoms with Gasteiger partial charge in [0, 0.05) is 15.7 Å². The van der Waals surface area contributed by atoms with E-state index in [4.69, 9.17) is 4.74 Å². The number of para-hydroxylation sites is 1. The van der Waals surface area contributed by atoms with Crippen molar-refractivity contribution in [3.05, 3.63) is 130 Å². The molecule has 1 saturated heterocycles. The summed E-state index contributed by atoms with van der Waals surface area (Å²) in [5.74, 6) is 0.0534. The fraction of sp³-hybridized carbons (Fsp3) is 0.194. The number of hydrogen-bond donors (Lipinski definition) is 1. The smallest absolute Gasteiger partial charge is 0.233 e. The summed E-state index contributed by atoms with van der Waals surface area (Å²) in [6, 6.07) is 31.1. The molecular weight excluding hydrogens is 565 g/mol. The summed E-state index contributed by atoms with van der Waals surface area (Å²) in [5, 5.41) is 10.7. The molecule has 1 aliphatic heterocycles. The van der Waals surface area contributed by atoms with Gasteiger partial charge in [-0.25, -0.2) is 4.39 Å². The first-order valence-electron chi connectivity index (χ1n) is 12.3. The lowest BCUT2D eigenvalue weighted by Gasteiger charge is -2.48. The average molecular weight is 595 g/mol. The van der Waals surface area contributed by atoms with Crippen LogP contribution in [-0.4, -0.2) is 11.0 Å². The Bertz CT molecular complexity index is 1350. The zero-order valence-electron chi connectivity index (χ0n) is 20.6. The number of carbonyl (C=O) groups excluding carboxylic acids is 1. The number of ether oxygens (including phenoxy) is 1. The maximum absolute atomic E-state index is 13.4. The van der Waals surface area contributed by atoms with Gasteiger partial charge in [0.25, 0.3) is 0 Å². The molecule has 7 heteroatoms. The molecule has 1 heterocycles. The van der Waals surface area contributed by atoms with Gasteiger partial charge in [0.1, 0.15) is 18.2 Å². The van der Waals surface area contributed by atoms with Crippen molar-refractivity contribution in [3.63, 3.8) is 0 Å². The second-order valence-electron chi connectivity index (χ2n) is 9.20. The number of halogens is 2. The van der Waals surface area contributed by atoms with Crippen molar-refractivity contribution in [2.24, 2.45) is 5.92 Å². The maximum Gasteiger partial charge on any atom is 0.233 e. The highest BCUT2D eigenvalue weighted by molar-refractivity contribution is 9.10. The van der Waals surface area contributed by atoms with E-state index in [1.54, 1.807) is 12.1 Å². The van der Waals surface area contributed by atoms with Crippen LogP contribution in [0.5, 0.6) is 5.75 Å². The zero-order valence-corrected chi connectivity index (χ0v) is 23.2. The van der Waals surface area contributed by atoms with Gasteiger partial charge in [-0.05, 0) is 60.4 Å². The minimum absolute atomic E-state index is 0. The molecule has 3 atom stereocenters. The van der Waals surface area contributed by atoms with Gasteiger partial charge in [0.05, 0.1) is 18.1 Å². The van der Waals surface area contributed by atoms with Gasteiger partial charge < -0.3 is 14.7 Å².